The summed E-state index contributed by atoms with van der Waals surface area (Å²) < 4.78 is 10.4. The number of methoxy groups -OCH3 is 1. The van der Waals surface area contributed by atoms with E-state index in [1.807, 2.05) is 42.5 Å². The third kappa shape index (κ3) is 4.00. The van der Waals surface area contributed by atoms with Crippen molar-refractivity contribution in [3.8, 4) is 5.75 Å². The fraction of sp³-hybridized carbons (Fsp3) is 0.360. The number of benzene rings is 2. The SMILES string of the molecule is COc1ccc(C2C=C3CCN(Cc4ccccc4)CC3C3C(=O)OC(=O)C23)cc1.Cl. The monoisotopic (exact) mass is 439 g/mol. The summed E-state index contributed by atoms with van der Waals surface area (Å²) in [6, 6.07) is 18.1. The topological polar surface area (TPSA) is 55.8 Å². The number of likely N-dealkylation sites (tertiary alicyclic amines) is 1. The molecule has 4 unspecified atom stereocenters. The minimum absolute atomic E-state index is 0. The van der Waals surface area contributed by atoms with Crippen LogP contribution in [0, 0.1) is 17.8 Å². The van der Waals surface area contributed by atoms with Crippen LogP contribution < -0.4 is 4.74 Å². The van der Waals surface area contributed by atoms with Crippen LogP contribution in [0.15, 0.2) is 66.2 Å². The molecule has 162 valence electrons. The Balaban J connectivity index is 0.00000231. The van der Waals surface area contributed by atoms with Crippen molar-refractivity contribution in [1.82, 2.24) is 4.90 Å². The van der Waals surface area contributed by atoms with E-state index in [4.69, 9.17) is 9.47 Å². The highest BCUT2D eigenvalue weighted by Crippen LogP contribution is 2.49. The largest absolute Gasteiger partial charge is 0.497 e. The lowest BCUT2D eigenvalue weighted by Crippen LogP contribution is -2.45. The summed E-state index contributed by atoms with van der Waals surface area (Å²) in [6.45, 7) is 2.58. The number of halogens is 1. The van der Waals surface area contributed by atoms with Gasteiger partial charge in [0.25, 0.3) is 0 Å². The van der Waals surface area contributed by atoms with E-state index in [1.54, 1.807) is 7.11 Å². The van der Waals surface area contributed by atoms with Gasteiger partial charge in [-0.1, -0.05) is 54.1 Å². The first kappa shape index (κ1) is 21.6. The standard InChI is InChI=1S/C25H25NO4.ClH/c1-29-19-9-7-17(8-10-19)20-13-18-11-12-26(14-16-5-3-2-4-6-16)15-21(18)23-22(20)24(27)30-25(23)28;/h2-10,13,20-23H,11-12,14-15H2,1H3;1H. The summed E-state index contributed by atoms with van der Waals surface area (Å²) in [5, 5.41) is 0. The zero-order valence-electron chi connectivity index (χ0n) is 17.4. The summed E-state index contributed by atoms with van der Waals surface area (Å²) in [5.74, 6) is -0.912. The fourth-order valence-electron chi connectivity index (χ4n) is 5.27. The Bertz CT molecular complexity index is 988. The number of rotatable bonds is 4. The van der Waals surface area contributed by atoms with Crippen molar-refractivity contribution in [2.45, 2.75) is 18.9 Å². The molecule has 0 aromatic heterocycles. The van der Waals surface area contributed by atoms with Gasteiger partial charge in [0.15, 0.2) is 0 Å². The number of hydrogen-bond acceptors (Lipinski definition) is 5. The number of esters is 2. The number of hydrogen-bond donors (Lipinski definition) is 0. The average Bonchev–Trinajstić information content (AvgIpc) is 3.08. The first-order chi connectivity index (χ1) is 14.6. The minimum atomic E-state index is -0.448. The van der Waals surface area contributed by atoms with Crippen LogP contribution in [-0.2, 0) is 20.9 Å². The van der Waals surface area contributed by atoms with Gasteiger partial charge in [-0.05, 0) is 29.7 Å². The van der Waals surface area contributed by atoms with Crippen LogP contribution in [0.3, 0.4) is 0 Å². The van der Waals surface area contributed by atoms with Crippen molar-refractivity contribution in [2.75, 3.05) is 20.2 Å². The lowest BCUT2D eigenvalue weighted by atomic mass is 9.64. The van der Waals surface area contributed by atoms with E-state index in [0.29, 0.717) is 0 Å². The molecule has 2 heterocycles. The van der Waals surface area contributed by atoms with Gasteiger partial charge in [-0.15, -0.1) is 12.4 Å². The molecule has 5 rings (SSSR count). The zero-order chi connectivity index (χ0) is 20.7. The van der Waals surface area contributed by atoms with Gasteiger partial charge in [0.2, 0.25) is 0 Å². The zero-order valence-corrected chi connectivity index (χ0v) is 18.2. The van der Waals surface area contributed by atoms with E-state index in [9.17, 15) is 9.59 Å². The molecule has 0 spiro atoms. The number of carbonyl (C=O) groups excluding carboxylic acids is 2. The van der Waals surface area contributed by atoms with Crippen LogP contribution in [0.5, 0.6) is 5.75 Å². The van der Waals surface area contributed by atoms with E-state index in [0.717, 1.165) is 37.4 Å². The fourth-order valence-corrected chi connectivity index (χ4v) is 5.27. The molecular formula is C25H26ClNO4. The van der Waals surface area contributed by atoms with Crippen molar-refractivity contribution in [2.24, 2.45) is 17.8 Å². The van der Waals surface area contributed by atoms with E-state index in [-0.39, 0.29) is 36.2 Å². The highest BCUT2D eigenvalue weighted by Gasteiger charge is 2.55. The van der Waals surface area contributed by atoms with Crippen LogP contribution in [-0.4, -0.2) is 37.0 Å². The highest BCUT2D eigenvalue weighted by molar-refractivity contribution is 5.98. The van der Waals surface area contributed by atoms with E-state index in [1.165, 1.54) is 11.1 Å². The minimum Gasteiger partial charge on any atom is -0.497 e. The normalized spacial score (nSPS) is 27.5. The summed E-state index contributed by atoms with van der Waals surface area (Å²) >= 11 is 0. The number of ether oxygens (including phenoxy) is 2. The molecule has 3 aliphatic rings. The third-order valence-electron chi connectivity index (χ3n) is 6.74. The van der Waals surface area contributed by atoms with Crippen molar-refractivity contribution in [3.05, 3.63) is 77.4 Å². The van der Waals surface area contributed by atoms with Gasteiger partial charge in [-0.3, -0.25) is 14.5 Å². The Hall–Kier alpha value is -2.63. The molecule has 31 heavy (non-hydrogen) atoms. The maximum atomic E-state index is 12.7. The van der Waals surface area contributed by atoms with Crippen molar-refractivity contribution >= 4 is 24.3 Å². The molecule has 0 amide bonds. The van der Waals surface area contributed by atoms with E-state index < -0.39 is 11.8 Å². The average molecular weight is 440 g/mol. The second kappa shape index (κ2) is 8.85. The summed E-state index contributed by atoms with van der Waals surface area (Å²) in [6.07, 6.45) is 3.14. The van der Waals surface area contributed by atoms with Crippen molar-refractivity contribution in [1.29, 1.82) is 0 Å². The summed E-state index contributed by atoms with van der Waals surface area (Å²) in [5.41, 5.74) is 3.57. The molecule has 0 N–H and O–H groups in total. The number of nitrogens with zero attached hydrogens (tertiary/aromatic N) is 1. The molecule has 4 atom stereocenters. The quantitative estimate of drug-likeness (QED) is 0.410. The molecule has 1 aliphatic carbocycles. The first-order valence-corrected chi connectivity index (χ1v) is 10.5. The molecular weight excluding hydrogens is 414 g/mol. The lowest BCUT2D eigenvalue weighted by molar-refractivity contribution is -0.154. The van der Waals surface area contributed by atoms with E-state index in [2.05, 4.69) is 23.1 Å². The molecule has 0 bridgehead atoms. The van der Waals surface area contributed by atoms with Gasteiger partial charge in [-0.2, -0.15) is 0 Å². The molecule has 0 saturated carbocycles. The van der Waals surface area contributed by atoms with Crippen LogP contribution in [0.1, 0.15) is 23.5 Å². The molecule has 5 nitrogen and oxygen atoms in total. The first-order valence-electron chi connectivity index (χ1n) is 10.5. The molecule has 2 aliphatic heterocycles. The van der Waals surface area contributed by atoms with Gasteiger partial charge in [0.05, 0.1) is 18.9 Å². The van der Waals surface area contributed by atoms with Gasteiger partial charge in [0, 0.05) is 31.5 Å². The van der Waals surface area contributed by atoms with Crippen LogP contribution in [0.25, 0.3) is 0 Å². The Labute approximate surface area is 188 Å². The van der Waals surface area contributed by atoms with Gasteiger partial charge >= 0.3 is 11.9 Å². The molecule has 0 radical (unpaired) electrons. The van der Waals surface area contributed by atoms with Crippen LogP contribution >= 0.6 is 12.4 Å². The summed E-state index contributed by atoms with van der Waals surface area (Å²) in [4.78, 5) is 27.8. The number of piperidine rings is 1. The van der Waals surface area contributed by atoms with Crippen LogP contribution in [0.4, 0.5) is 0 Å². The molecule has 2 saturated heterocycles. The van der Waals surface area contributed by atoms with Gasteiger partial charge < -0.3 is 9.47 Å². The molecule has 2 fully saturated rings. The van der Waals surface area contributed by atoms with Crippen molar-refractivity contribution < 1.29 is 19.1 Å². The molecule has 2 aromatic carbocycles. The van der Waals surface area contributed by atoms with Crippen LogP contribution in [0.2, 0.25) is 0 Å². The third-order valence-corrected chi connectivity index (χ3v) is 6.74. The smallest absolute Gasteiger partial charge is 0.318 e. The predicted molar refractivity (Wildman–Crippen MR) is 119 cm³/mol. The maximum absolute atomic E-state index is 12.7. The maximum Gasteiger partial charge on any atom is 0.318 e. The van der Waals surface area contributed by atoms with E-state index >= 15 is 0 Å². The van der Waals surface area contributed by atoms with Gasteiger partial charge in [-0.25, -0.2) is 0 Å². The number of fused-ring (bicyclic) bond motifs is 3. The molecule has 2 aromatic rings. The Morgan fingerprint density at radius 2 is 1.71 bits per heavy atom. The van der Waals surface area contributed by atoms with Gasteiger partial charge in [0.1, 0.15) is 5.75 Å². The Kier molecular flexibility index (Phi) is 6.17. The Morgan fingerprint density at radius 3 is 2.42 bits per heavy atom. The predicted octanol–water partition coefficient (Wildman–Crippen LogP) is 3.98. The number of allylic oxidation sites excluding steroid dienone is 1. The molecule has 6 heteroatoms. The second-order valence-electron chi connectivity index (χ2n) is 8.41. The summed E-state index contributed by atoms with van der Waals surface area (Å²) in [7, 11) is 1.63. The lowest BCUT2D eigenvalue weighted by Gasteiger charge is -2.42. The Morgan fingerprint density at radius 1 is 1.00 bits per heavy atom. The second-order valence-corrected chi connectivity index (χ2v) is 8.41. The highest BCUT2D eigenvalue weighted by atomic mass is 35.5. The van der Waals surface area contributed by atoms with Crippen molar-refractivity contribution in [3.63, 3.8) is 0 Å². The number of carbonyl (C=O) groups is 2. The number of cyclic esters (lactones) is 2.